The molecular formula is C10H22N. The van der Waals surface area contributed by atoms with Gasteiger partial charge in [0.1, 0.15) is 0 Å². The Morgan fingerprint density at radius 3 is 2.36 bits per heavy atom. The summed E-state index contributed by atoms with van der Waals surface area (Å²) in [4.78, 5) is 0. The minimum Gasteiger partial charge on any atom is -0.312 e. The van der Waals surface area contributed by atoms with Crippen LogP contribution in [0.3, 0.4) is 0 Å². The second kappa shape index (κ2) is 5.59. The van der Waals surface area contributed by atoms with Crippen LogP contribution in [0.1, 0.15) is 46.5 Å². The zero-order valence-corrected chi connectivity index (χ0v) is 8.24. The molecule has 0 spiro atoms. The van der Waals surface area contributed by atoms with Crippen molar-refractivity contribution in [2.45, 2.75) is 52.0 Å². The van der Waals surface area contributed by atoms with Crippen molar-refractivity contribution in [1.82, 2.24) is 5.32 Å². The number of rotatable bonds is 6. The highest BCUT2D eigenvalue weighted by atomic mass is 14.9. The minimum absolute atomic E-state index is 0.289. The van der Waals surface area contributed by atoms with Gasteiger partial charge >= 0.3 is 0 Å². The van der Waals surface area contributed by atoms with Crippen LogP contribution in [0.15, 0.2) is 0 Å². The normalized spacial score (nSPS) is 12.0. The summed E-state index contributed by atoms with van der Waals surface area (Å²) in [7, 11) is 0. The highest BCUT2D eigenvalue weighted by molar-refractivity contribution is 4.77. The van der Waals surface area contributed by atoms with E-state index in [9.17, 15) is 0 Å². The van der Waals surface area contributed by atoms with Gasteiger partial charge in [-0.15, -0.1) is 0 Å². The van der Waals surface area contributed by atoms with Crippen molar-refractivity contribution in [3.8, 4) is 0 Å². The molecular weight excluding hydrogens is 134 g/mol. The summed E-state index contributed by atoms with van der Waals surface area (Å²) < 4.78 is 0. The monoisotopic (exact) mass is 156 g/mol. The van der Waals surface area contributed by atoms with Crippen LogP contribution in [-0.4, -0.2) is 12.1 Å². The van der Waals surface area contributed by atoms with E-state index in [1.165, 1.54) is 25.7 Å². The van der Waals surface area contributed by atoms with E-state index in [1.807, 2.05) is 0 Å². The van der Waals surface area contributed by atoms with E-state index < -0.39 is 0 Å². The first-order valence-corrected chi connectivity index (χ1v) is 4.66. The molecule has 0 saturated carbocycles. The molecule has 0 aliphatic carbocycles. The largest absolute Gasteiger partial charge is 0.312 e. The molecule has 0 rings (SSSR count). The second-order valence-electron chi connectivity index (χ2n) is 3.77. The maximum Gasteiger partial charge on any atom is 0.0125 e. The fraction of sp³-hybridized carbons (Fsp3) is 0.900. The van der Waals surface area contributed by atoms with Crippen LogP contribution < -0.4 is 5.32 Å². The van der Waals surface area contributed by atoms with E-state index in [4.69, 9.17) is 0 Å². The lowest BCUT2D eigenvalue weighted by Gasteiger charge is -2.25. The van der Waals surface area contributed by atoms with Crippen molar-refractivity contribution in [1.29, 1.82) is 0 Å². The van der Waals surface area contributed by atoms with Crippen LogP contribution in [-0.2, 0) is 0 Å². The van der Waals surface area contributed by atoms with Crippen LogP contribution >= 0.6 is 0 Å². The summed E-state index contributed by atoms with van der Waals surface area (Å²) in [6, 6.07) is 0. The quantitative estimate of drug-likeness (QED) is 0.583. The maximum atomic E-state index is 3.79. The molecule has 0 bridgehead atoms. The van der Waals surface area contributed by atoms with Gasteiger partial charge in [0.15, 0.2) is 0 Å². The molecule has 67 valence electrons. The fourth-order valence-electron chi connectivity index (χ4n) is 1.24. The van der Waals surface area contributed by atoms with Crippen LogP contribution in [0.25, 0.3) is 0 Å². The molecule has 0 unspecified atom stereocenters. The molecule has 0 saturated heterocycles. The zero-order valence-electron chi connectivity index (χ0n) is 8.24. The summed E-state index contributed by atoms with van der Waals surface area (Å²) >= 11 is 0. The summed E-state index contributed by atoms with van der Waals surface area (Å²) in [5.41, 5.74) is 0.289. The van der Waals surface area contributed by atoms with Crippen LogP contribution in [0.5, 0.6) is 0 Å². The van der Waals surface area contributed by atoms with Crippen LogP contribution in [0.2, 0.25) is 0 Å². The summed E-state index contributed by atoms with van der Waals surface area (Å²) in [6.07, 6.45) is 5.25. The topological polar surface area (TPSA) is 12.0 Å². The second-order valence-corrected chi connectivity index (χ2v) is 3.77. The van der Waals surface area contributed by atoms with Gasteiger partial charge in [0.25, 0.3) is 0 Å². The van der Waals surface area contributed by atoms with Crippen molar-refractivity contribution in [3.63, 3.8) is 0 Å². The average molecular weight is 156 g/mol. The predicted molar refractivity (Wildman–Crippen MR) is 51.6 cm³/mol. The first-order valence-electron chi connectivity index (χ1n) is 4.66. The molecule has 0 fully saturated rings. The predicted octanol–water partition coefficient (Wildman–Crippen LogP) is 2.77. The van der Waals surface area contributed by atoms with Gasteiger partial charge in [-0.05, 0) is 33.7 Å². The Balaban J connectivity index is 3.38. The van der Waals surface area contributed by atoms with E-state index in [0.717, 1.165) is 6.54 Å². The molecule has 1 heteroatoms. The van der Waals surface area contributed by atoms with Gasteiger partial charge in [-0.3, -0.25) is 0 Å². The number of nitrogens with one attached hydrogen (secondary N) is 1. The van der Waals surface area contributed by atoms with Crippen LogP contribution in [0.4, 0.5) is 0 Å². The molecule has 0 aromatic rings. The van der Waals surface area contributed by atoms with Gasteiger partial charge in [-0.1, -0.05) is 26.2 Å². The highest BCUT2D eigenvalue weighted by Crippen LogP contribution is 2.12. The van der Waals surface area contributed by atoms with Gasteiger partial charge in [-0.2, -0.15) is 0 Å². The van der Waals surface area contributed by atoms with E-state index in [2.05, 4.69) is 33.0 Å². The Kier molecular flexibility index (Phi) is 5.57. The minimum atomic E-state index is 0.289. The zero-order chi connectivity index (χ0) is 8.74. The Hall–Kier alpha value is -0.0400. The average Bonchev–Trinajstić information content (AvgIpc) is 1.87. The van der Waals surface area contributed by atoms with Gasteiger partial charge in [-0.25, -0.2) is 0 Å². The lowest BCUT2D eigenvalue weighted by molar-refractivity contribution is 0.363. The van der Waals surface area contributed by atoms with Crippen molar-refractivity contribution >= 4 is 0 Å². The summed E-state index contributed by atoms with van der Waals surface area (Å²) in [5.74, 6) is 0. The molecule has 0 aliphatic heterocycles. The molecule has 0 atom stereocenters. The lowest BCUT2D eigenvalue weighted by Crippen LogP contribution is -2.38. The number of hydrogen-bond acceptors (Lipinski definition) is 1. The standard InChI is InChI=1S/C10H22N/c1-5-7-8-9-10(3,4)11-6-2/h11H,2,5-9H2,1,3-4H3. The maximum absolute atomic E-state index is 3.79. The fourth-order valence-corrected chi connectivity index (χ4v) is 1.24. The first-order chi connectivity index (χ1) is 5.12. The number of hydrogen-bond donors (Lipinski definition) is 1. The molecule has 1 nitrogen and oxygen atoms in total. The SMILES string of the molecule is [CH2]CNC(C)(C)CCCCC. The van der Waals surface area contributed by atoms with Gasteiger partial charge < -0.3 is 5.32 Å². The summed E-state index contributed by atoms with van der Waals surface area (Å²) in [5, 5.41) is 3.37. The third-order valence-electron chi connectivity index (χ3n) is 2.01. The molecule has 0 aromatic heterocycles. The molecule has 0 heterocycles. The van der Waals surface area contributed by atoms with Crippen LogP contribution in [0, 0.1) is 6.92 Å². The third-order valence-corrected chi connectivity index (χ3v) is 2.01. The van der Waals surface area contributed by atoms with Crippen molar-refractivity contribution in [2.24, 2.45) is 0 Å². The Labute approximate surface area is 71.6 Å². The Morgan fingerprint density at radius 2 is 1.91 bits per heavy atom. The third kappa shape index (κ3) is 6.36. The summed E-state index contributed by atoms with van der Waals surface area (Å²) in [6.45, 7) is 11.3. The Bertz CT molecular complexity index is 86.9. The highest BCUT2D eigenvalue weighted by Gasteiger charge is 2.13. The Morgan fingerprint density at radius 1 is 1.27 bits per heavy atom. The first kappa shape index (κ1) is 11.0. The van der Waals surface area contributed by atoms with Crippen molar-refractivity contribution < 1.29 is 0 Å². The smallest absolute Gasteiger partial charge is 0.0125 e. The van der Waals surface area contributed by atoms with Gasteiger partial charge in [0.05, 0.1) is 0 Å². The van der Waals surface area contributed by atoms with E-state index in [-0.39, 0.29) is 5.54 Å². The molecule has 1 N–H and O–H groups in total. The van der Waals surface area contributed by atoms with Crippen molar-refractivity contribution in [3.05, 3.63) is 6.92 Å². The molecule has 0 aliphatic rings. The lowest BCUT2D eigenvalue weighted by atomic mass is 9.97. The molecule has 0 amide bonds. The van der Waals surface area contributed by atoms with Gasteiger partial charge in [0, 0.05) is 5.54 Å². The van der Waals surface area contributed by atoms with Crippen molar-refractivity contribution in [2.75, 3.05) is 6.54 Å². The molecule has 1 radical (unpaired) electrons. The van der Waals surface area contributed by atoms with E-state index in [1.54, 1.807) is 0 Å². The molecule has 11 heavy (non-hydrogen) atoms. The van der Waals surface area contributed by atoms with Gasteiger partial charge in [0.2, 0.25) is 0 Å². The van der Waals surface area contributed by atoms with E-state index in [0.29, 0.717) is 0 Å². The number of unbranched alkanes of at least 4 members (excludes halogenated alkanes) is 2. The molecule has 0 aromatic carbocycles. The van der Waals surface area contributed by atoms with E-state index >= 15 is 0 Å².